The lowest BCUT2D eigenvalue weighted by atomic mass is 9.94. The smallest absolute Gasteiger partial charge is 0.161 e. The van der Waals surface area contributed by atoms with Gasteiger partial charge in [0.25, 0.3) is 0 Å². The number of likely N-dealkylation sites (tertiary alicyclic amines) is 1. The molecular formula is C11H16N2OS. The Balaban J connectivity index is 1.88. The van der Waals surface area contributed by atoms with Crippen molar-refractivity contribution in [2.45, 2.75) is 19.3 Å². The van der Waals surface area contributed by atoms with E-state index in [2.05, 4.69) is 16.9 Å². The first-order chi connectivity index (χ1) is 7.28. The fraction of sp³-hybridized carbons (Fsp3) is 0.636. The summed E-state index contributed by atoms with van der Waals surface area (Å²) in [6, 6.07) is 0. The van der Waals surface area contributed by atoms with Crippen LogP contribution in [0.5, 0.6) is 0 Å². The molecule has 0 spiro atoms. The molecule has 3 nitrogen and oxygen atoms in total. The Labute approximate surface area is 94.1 Å². The molecule has 1 fully saturated rings. The Morgan fingerprint density at radius 3 is 2.93 bits per heavy atom. The fourth-order valence-corrected chi connectivity index (χ4v) is 2.84. The van der Waals surface area contributed by atoms with Crippen molar-refractivity contribution in [3.63, 3.8) is 0 Å². The topological polar surface area (TPSA) is 33.2 Å². The van der Waals surface area contributed by atoms with Crippen molar-refractivity contribution in [3.8, 4) is 0 Å². The highest BCUT2D eigenvalue weighted by molar-refractivity contribution is 7.13. The number of aromatic nitrogens is 1. The lowest BCUT2D eigenvalue weighted by molar-refractivity contribution is 0.112. The molecule has 0 N–H and O–H groups in total. The second-order valence-corrected chi connectivity index (χ2v) is 5.37. The van der Waals surface area contributed by atoms with E-state index in [9.17, 15) is 4.79 Å². The van der Waals surface area contributed by atoms with Gasteiger partial charge in [0.05, 0.1) is 9.88 Å². The first-order valence-corrected chi connectivity index (χ1v) is 6.18. The van der Waals surface area contributed by atoms with Crippen molar-refractivity contribution in [1.82, 2.24) is 9.88 Å². The van der Waals surface area contributed by atoms with Gasteiger partial charge in [0.2, 0.25) is 0 Å². The van der Waals surface area contributed by atoms with Crippen molar-refractivity contribution in [1.29, 1.82) is 0 Å². The number of aldehydes is 1. The van der Waals surface area contributed by atoms with Gasteiger partial charge in [-0.05, 0) is 38.9 Å². The Morgan fingerprint density at radius 2 is 2.33 bits per heavy atom. The van der Waals surface area contributed by atoms with E-state index < -0.39 is 0 Å². The highest BCUT2D eigenvalue weighted by atomic mass is 32.1. The van der Waals surface area contributed by atoms with E-state index in [4.69, 9.17) is 0 Å². The second kappa shape index (κ2) is 4.86. The van der Waals surface area contributed by atoms with Gasteiger partial charge in [-0.2, -0.15) is 0 Å². The number of piperidine rings is 1. The normalized spacial score (nSPS) is 19.3. The largest absolute Gasteiger partial charge is 0.306 e. The maximum atomic E-state index is 10.5. The van der Waals surface area contributed by atoms with Gasteiger partial charge < -0.3 is 4.90 Å². The fourth-order valence-electron chi connectivity index (χ4n) is 1.99. The molecule has 0 amide bonds. The zero-order valence-electron chi connectivity index (χ0n) is 8.98. The van der Waals surface area contributed by atoms with Gasteiger partial charge >= 0.3 is 0 Å². The molecule has 1 aliphatic rings. The third kappa shape index (κ3) is 2.86. The van der Waals surface area contributed by atoms with Crippen molar-refractivity contribution >= 4 is 17.6 Å². The van der Waals surface area contributed by atoms with Crippen LogP contribution in [-0.4, -0.2) is 36.3 Å². The minimum atomic E-state index is 0.748. The number of rotatable bonds is 3. The maximum absolute atomic E-state index is 10.5. The highest BCUT2D eigenvalue weighted by Crippen LogP contribution is 2.22. The molecule has 2 heterocycles. The number of carbonyl (C=O) groups excluding carboxylic acids is 1. The first-order valence-electron chi connectivity index (χ1n) is 5.36. The predicted molar refractivity (Wildman–Crippen MR) is 61.4 cm³/mol. The third-order valence-corrected chi connectivity index (χ3v) is 3.93. The summed E-state index contributed by atoms with van der Waals surface area (Å²) < 4.78 is 0. The second-order valence-electron chi connectivity index (χ2n) is 4.22. The van der Waals surface area contributed by atoms with E-state index in [1.54, 1.807) is 6.20 Å². The molecule has 0 saturated carbocycles. The summed E-state index contributed by atoms with van der Waals surface area (Å²) in [4.78, 5) is 17.9. The molecule has 0 atom stereocenters. The van der Waals surface area contributed by atoms with Crippen LogP contribution in [0.1, 0.15) is 27.5 Å². The molecule has 1 aromatic rings. The standard InChI is InChI=1S/C11H16N2OS/c1-13-4-2-9(3-5-13)6-11-12-7-10(8-14)15-11/h7-9H,2-6H2,1H3. The predicted octanol–water partition coefficient (Wildman–Crippen LogP) is 1.84. The summed E-state index contributed by atoms with van der Waals surface area (Å²) in [7, 11) is 2.17. The van der Waals surface area contributed by atoms with E-state index in [1.807, 2.05) is 0 Å². The Bertz CT molecular complexity index is 329. The lowest BCUT2D eigenvalue weighted by Gasteiger charge is -2.28. The van der Waals surface area contributed by atoms with Gasteiger partial charge in [-0.1, -0.05) is 0 Å². The first kappa shape index (κ1) is 10.8. The average molecular weight is 224 g/mol. The van der Waals surface area contributed by atoms with E-state index >= 15 is 0 Å². The third-order valence-electron chi connectivity index (χ3n) is 2.99. The van der Waals surface area contributed by atoms with Gasteiger partial charge in [0.1, 0.15) is 0 Å². The van der Waals surface area contributed by atoms with E-state index in [0.29, 0.717) is 0 Å². The maximum Gasteiger partial charge on any atom is 0.161 e. The zero-order valence-corrected chi connectivity index (χ0v) is 9.80. The summed E-state index contributed by atoms with van der Waals surface area (Å²) in [5.41, 5.74) is 0. The summed E-state index contributed by atoms with van der Waals surface area (Å²) in [5.74, 6) is 0.756. The van der Waals surface area contributed by atoms with E-state index in [-0.39, 0.29) is 0 Å². The van der Waals surface area contributed by atoms with Crippen LogP contribution < -0.4 is 0 Å². The number of thiazole rings is 1. The Hall–Kier alpha value is -0.740. The van der Waals surface area contributed by atoms with Crippen molar-refractivity contribution < 1.29 is 4.79 Å². The molecule has 15 heavy (non-hydrogen) atoms. The van der Waals surface area contributed by atoms with Gasteiger partial charge in [0.15, 0.2) is 6.29 Å². The van der Waals surface area contributed by atoms with Crippen molar-refractivity contribution in [3.05, 3.63) is 16.1 Å². The molecule has 4 heteroatoms. The summed E-state index contributed by atoms with van der Waals surface area (Å²) in [5, 5.41) is 1.12. The Morgan fingerprint density at radius 1 is 1.60 bits per heavy atom. The van der Waals surface area contributed by atoms with Crippen molar-refractivity contribution in [2.24, 2.45) is 5.92 Å². The molecule has 0 aliphatic carbocycles. The van der Waals surface area contributed by atoms with Gasteiger partial charge in [0, 0.05) is 12.6 Å². The van der Waals surface area contributed by atoms with Gasteiger partial charge in [-0.3, -0.25) is 4.79 Å². The molecule has 0 aromatic carbocycles. The van der Waals surface area contributed by atoms with Crippen LogP contribution >= 0.6 is 11.3 Å². The molecule has 0 bridgehead atoms. The molecule has 1 saturated heterocycles. The molecule has 82 valence electrons. The summed E-state index contributed by atoms with van der Waals surface area (Å²) >= 11 is 1.53. The minimum Gasteiger partial charge on any atom is -0.306 e. The van der Waals surface area contributed by atoms with E-state index in [1.165, 1.54) is 37.3 Å². The lowest BCUT2D eigenvalue weighted by Crippen LogP contribution is -2.30. The van der Waals surface area contributed by atoms with Crippen LogP contribution in [0.25, 0.3) is 0 Å². The van der Waals surface area contributed by atoms with Gasteiger partial charge in [-0.25, -0.2) is 4.98 Å². The average Bonchev–Trinajstić information content (AvgIpc) is 2.69. The van der Waals surface area contributed by atoms with Crippen LogP contribution in [-0.2, 0) is 6.42 Å². The minimum absolute atomic E-state index is 0.748. The van der Waals surface area contributed by atoms with Crippen molar-refractivity contribution in [2.75, 3.05) is 20.1 Å². The SMILES string of the molecule is CN1CCC(Cc2ncc(C=O)s2)CC1. The molecule has 1 aliphatic heterocycles. The van der Waals surface area contributed by atoms with Crippen LogP contribution in [0.2, 0.25) is 0 Å². The number of hydrogen-bond donors (Lipinski definition) is 0. The highest BCUT2D eigenvalue weighted by Gasteiger charge is 2.18. The molecule has 2 rings (SSSR count). The number of hydrogen-bond acceptors (Lipinski definition) is 4. The van der Waals surface area contributed by atoms with Crippen LogP contribution in [0, 0.1) is 5.92 Å². The number of carbonyl (C=O) groups is 1. The quantitative estimate of drug-likeness (QED) is 0.735. The van der Waals surface area contributed by atoms with E-state index in [0.717, 1.165) is 28.5 Å². The molecular weight excluding hydrogens is 208 g/mol. The monoisotopic (exact) mass is 224 g/mol. The summed E-state index contributed by atoms with van der Waals surface area (Å²) in [6.45, 7) is 2.38. The summed E-state index contributed by atoms with van der Waals surface area (Å²) in [6.07, 6.45) is 6.13. The molecule has 0 unspecified atom stereocenters. The molecule has 0 radical (unpaired) electrons. The Kier molecular flexibility index (Phi) is 3.49. The zero-order chi connectivity index (χ0) is 10.7. The molecule has 1 aromatic heterocycles. The van der Waals surface area contributed by atoms with Crippen LogP contribution in [0.4, 0.5) is 0 Å². The van der Waals surface area contributed by atoms with Gasteiger partial charge in [-0.15, -0.1) is 11.3 Å². The van der Waals surface area contributed by atoms with Crippen LogP contribution in [0.3, 0.4) is 0 Å². The number of nitrogens with zero attached hydrogens (tertiary/aromatic N) is 2. The van der Waals surface area contributed by atoms with Crippen LogP contribution in [0.15, 0.2) is 6.20 Å².